The van der Waals surface area contributed by atoms with Crippen LogP contribution in [0.3, 0.4) is 0 Å². The predicted octanol–water partition coefficient (Wildman–Crippen LogP) is 5.63. The van der Waals surface area contributed by atoms with Gasteiger partial charge < -0.3 is 15.8 Å². The average Bonchev–Trinajstić information content (AvgIpc) is 3.50. The van der Waals surface area contributed by atoms with Gasteiger partial charge in [0.25, 0.3) is 11.8 Å². The van der Waals surface area contributed by atoms with Crippen LogP contribution in [0.1, 0.15) is 93.5 Å². The molecule has 0 spiro atoms. The number of amides is 2. The SMILES string of the molecule is CCCOC(=O)c1c(NC(=O)c2cn(-c3ccccc3)nc2C23CC4CC(CC(C4)C2)C3)sc(C(N)=O)c1C. The van der Waals surface area contributed by atoms with Gasteiger partial charge in [0.15, 0.2) is 0 Å². The van der Waals surface area contributed by atoms with Crippen molar-refractivity contribution in [3.63, 3.8) is 0 Å². The van der Waals surface area contributed by atoms with Crippen LogP contribution >= 0.6 is 11.3 Å². The van der Waals surface area contributed by atoms with Crippen LogP contribution in [-0.2, 0) is 10.2 Å². The van der Waals surface area contributed by atoms with Crippen molar-refractivity contribution in [2.75, 3.05) is 11.9 Å². The molecule has 0 saturated heterocycles. The lowest BCUT2D eigenvalue weighted by molar-refractivity contribution is -0.00765. The van der Waals surface area contributed by atoms with Gasteiger partial charge in [-0.2, -0.15) is 5.10 Å². The predicted molar refractivity (Wildman–Crippen MR) is 150 cm³/mol. The van der Waals surface area contributed by atoms with Gasteiger partial charge in [-0.25, -0.2) is 9.48 Å². The number of ether oxygens (including phenoxy) is 1. The molecule has 0 radical (unpaired) electrons. The van der Waals surface area contributed by atoms with Crippen molar-refractivity contribution < 1.29 is 19.1 Å². The van der Waals surface area contributed by atoms with E-state index in [2.05, 4.69) is 5.32 Å². The number of thiophene rings is 1. The van der Waals surface area contributed by atoms with E-state index < -0.39 is 11.9 Å². The Balaban J connectivity index is 1.41. The minimum absolute atomic E-state index is 0.117. The molecule has 2 aromatic heterocycles. The number of carbonyl (C=O) groups is 3. The fourth-order valence-electron chi connectivity index (χ4n) is 7.57. The summed E-state index contributed by atoms with van der Waals surface area (Å²) in [7, 11) is 0. The molecule has 4 bridgehead atoms. The monoisotopic (exact) mass is 546 g/mol. The van der Waals surface area contributed by atoms with Crippen LogP contribution in [0.15, 0.2) is 36.5 Å². The van der Waals surface area contributed by atoms with E-state index in [-0.39, 0.29) is 33.4 Å². The number of anilines is 1. The maximum atomic E-state index is 14.0. The van der Waals surface area contributed by atoms with Gasteiger partial charge in [-0.3, -0.25) is 9.59 Å². The summed E-state index contributed by atoms with van der Waals surface area (Å²) in [5.74, 6) is 0.499. The summed E-state index contributed by atoms with van der Waals surface area (Å²) in [6, 6.07) is 9.81. The average molecular weight is 547 g/mol. The van der Waals surface area contributed by atoms with Crippen molar-refractivity contribution in [3.8, 4) is 5.69 Å². The first-order valence-corrected chi connectivity index (χ1v) is 14.7. The second kappa shape index (κ2) is 9.93. The summed E-state index contributed by atoms with van der Waals surface area (Å²) < 4.78 is 7.18. The first-order valence-electron chi connectivity index (χ1n) is 13.8. The van der Waals surface area contributed by atoms with Crippen molar-refractivity contribution in [1.29, 1.82) is 0 Å². The number of esters is 1. The van der Waals surface area contributed by atoms with Crippen molar-refractivity contribution in [2.45, 2.75) is 64.2 Å². The Morgan fingerprint density at radius 3 is 2.33 bits per heavy atom. The molecule has 2 heterocycles. The molecular weight excluding hydrogens is 512 g/mol. The Hall–Kier alpha value is -3.46. The maximum Gasteiger partial charge on any atom is 0.341 e. The first kappa shape index (κ1) is 25.8. The van der Waals surface area contributed by atoms with Crippen LogP contribution < -0.4 is 11.1 Å². The molecule has 3 aromatic rings. The van der Waals surface area contributed by atoms with E-state index in [0.717, 1.165) is 42.0 Å². The minimum Gasteiger partial charge on any atom is -0.462 e. The van der Waals surface area contributed by atoms with Gasteiger partial charge in [-0.15, -0.1) is 11.3 Å². The second-order valence-electron chi connectivity index (χ2n) is 11.6. The molecule has 204 valence electrons. The van der Waals surface area contributed by atoms with Gasteiger partial charge in [0.2, 0.25) is 0 Å². The number of benzene rings is 1. The molecular formula is C30H34N4O4S. The van der Waals surface area contributed by atoms with Gasteiger partial charge in [0.1, 0.15) is 5.00 Å². The Bertz CT molecular complexity index is 1410. The molecule has 4 aliphatic rings. The Labute approximate surface area is 231 Å². The summed E-state index contributed by atoms with van der Waals surface area (Å²) in [4.78, 5) is 39.3. The molecule has 39 heavy (non-hydrogen) atoms. The van der Waals surface area contributed by atoms with Crippen LogP contribution in [0.2, 0.25) is 0 Å². The molecule has 3 N–H and O–H groups in total. The Kier molecular flexibility index (Phi) is 6.57. The van der Waals surface area contributed by atoms with Crippen molar-refractivity contribution in [2.24, 2.45) is 23.5 Å². The van der Waals surface area contributed by atoms with E-state index >= 15 is 0 Å². The quantitative estimate of drug-likeness (QED) is 0.355. The molecule has 0 atom stereocenters. The van der Waals surface area contributed by atoms with Gasteiger partial charge >= 0.3 is 5.97 Å². The highest BCUT2D eigenvalue weighted by Gasteiger charge is 2.54. The fourth-order valence-corrected chi connectivity index (χ4v) is 8.61. The number of carbonyl (C=O) groups excluding carboxylic acids is 3. The summed E-state index contributed by atoms with van der Waals surface area (Å²) >= 11 is 1.01. The third-order valence-corrected chi connectivity index (χ3v) is 9.98. The van der Waals surface area contributed by atoms with E-state index in [0.29, 0.717) is 35.3 Å². The highest BCUT2D eigenvalue weighted by molar-refractivity contribution is 7.18. The Morgan fingerprint density at radius 2 is 1.74 bits per heavy atom. The summed E-state index contributed by atoms with van der Waals surface area (Å²) in [6.45, 7) is 3.80. The lowest BCUT2D eigenvalue weighted by Gasteiger charge is -2.56. The molecule has 4 saturated carbocycles. The van der Waals surface area contributed by atoms with Gasteiger partial charge in [-0.05, 0) is 87.3 Å². The molecule has 8 nitrogen and oxygen atoms in total. The molecule has 0 aliphatic heterocycles. The summed E-state index contributed by atoms with van der Waals surface area (Å²) in [5.41, 5.74) is 8.33. The van der Waals surface area contributed by atoms with Crippen LogP contribution in [0.4, 0.5) is 5.00 Å². The molecule has 4 fully saturated rings. The normalized spacial score (nSPS) is 25.0. The lowest BCUT2D eigenvalue weighted by Crippen LogP contribution is -2.49. The Morgan fingerprint density at radius 1 is 1.10 bits per heavy atom. The topological polar surface area (TPSA) is 116 Å². The smallest absolute Gasteiger partial charge is 0.341 e. The zero-order valence-corrected chi connectivity index (χ0v) is 23.2. The number of primary amides is 1. The fraction of sp³-hybridized carbons (Fsp3) is 0.467. The number of aromatic nitrogens is 2. The highest BCUT2D eigenvalue weighted by Crippen LogP contribution is 2.61. The van der Waals surface area contributed by atoms with Crippen molar-refractivity contribution in [3.05, 3.63) is 63.8 Å². The van der Waals surface area contributed by atoms with Gasteiger partial charge in [0, 0.05) is 11.6 Å². The standard InChI is InChI=1S/C30H34N4O4S/c1-3-9-38-29(37)23-17(2)24(26(31)35)39-28(23)32-27(36)22-16-34(21-7-5-4-6-8-21)33-25(22)30-13-18-10-19(14-30)12-20(11-18)15-30/h4-8,16,18-20H,3,9-15H2,1-2H3,(H2,31,35)(H,32,36). The highest BCUT2D eigenvalue weighted by atomic mass is 32.1. The number of hydrogen-bond acceptors (Lipinski definition) is 6. The minimum atomic E-state index is -0.645. The lowest BCUT2D eigenvalue weighted by atomic mass is 9.48. The molecule has 2 amide bonds. The number of rotatable bonds is 8. The number of nitrogens with zero attached hydrogens (tertiary/aromatic N) is 2. The number of nitrogens with one attached hydrogen (secondary N) is 1. The van der Waals surface area contributed by atoms with E-state index in [1.807, 2.05) is 43.5 Å². The van der Waals surface area contributed by atoms with E-state index in [1.165, 1.54) is 19.3 Å². The van der Waals surface area contributed by atoms with E-state index in [4.69, 9.17) is 15.6 Å². The maximum absolute atomic E-state index is 14.0. The zero-order chi connectivity index (χ0) is 27.3. The third kappa shape index (κ3) is 4.56. The third-order valence-electron chi connectivity index (χ3n) is 8.76. The second-order valence-corrected chi connectivity index (χ2v) is 12.6. The number of nitrogens with two attached hydrogens (primary N) is 1. The van der Waals surface area contributed by atoms with E-state index in [9.17, 15) is 14.4 Å². The van der Waals surface area contributed by atoms with Crippen LogP contribution in [0, 0.1) is 24.7 Å². The first-order chi connectivity index (χ1) is 18.8. The molecule has 1 aromatic carbocycles. The molecule has 4 aliphatic carbocycles. The van der Waals surface area contributed by atoms with Gasteiger partial charge in [-0.1, -0.05) is 25.1 Å². The number of hydrogen-bond donors (Lipinski definition) is 2. The van der Waals surface area contributed by atoms with Crippen LogP contribution in [0.25, 0.3) is 5.69 Å². The number of para-hydroxylation sites is 1. The van der Waals surface area contributed by atoms with Gasteiger partial charge in [0.05, 0.1) is 34.0 Å². The van der Waals surface area contributed by atoms with Crippen LogP contribution in [-0.4, -0.2) is 34.2 Å². The van der Waals surface area contributed by atoms with E-state index in [1.54, 1.807) is 11.6 Å². The molecule has 7 rings (SSSR count). The summed E-state index contributed by atoms with van der Waals surface area (Å²) in [5, 5.41) is 8.31. The van der Waals surface area contributed by atoms with Crippen molar-refractivity contribution in [1.82, 2.24) is 9.78 Å². The van der Waals surface area contributed by atoms with Crippen LogP contribution in [0.5, 0.6) is 0 Å². The molecule has 0 unspecified atom stereocenters. The zero-order valence-electron chi connectivity index (χ0n) is 22.4. The van der Waals surface area contributed by atoms with Crippen molar-refractivity contribution >= 4 is 34.1 Å². The summed E-state index contributed by atoms with van der Waals surface area (Å²) in [6.07, 6.45) is 9.50. The molecule has 9 heteroatoms. The largest absolute Gasteiger partial charge is 0.462 e.